The SMILES string of the molecule is CC(C)(O)c1cccc(Cl)c1C(C)(C)F. The van der Waals surface area contributed by atoms with Crippen molar-refractivity contribution in [1.29, 1.82) is 0 Å². The van der Waals surface area contributed by atoms with E-state index >= 15 is 0 Å². The number of halogens is 2. The maximum Gasteiger partial charge on any atom is 0.132 e. The normalized spacial score (nSPS) is 13.0. The van der Waals surface area contributed by atoms with Crippen LogP contribution in [0.2, 0.25) is 5.02 Å². The molecule has 0 aliphatic rings. The molecule has 1 N–H and O–H groups in total. The van der Waals surface area contributed by atoms with E-state index < -0.39 is 11.3 Å². The molecule has 0 aliphatic heterocycles. The predicted molar refractivity (Wildman–Crippen MR) is 60.8 cm³/mol. The van der Waals surface area contributed by atoms with Gasteiger partial charge in [-0.1, -0.05) is 23.7 Å². The van der Waals surface area contributed by atoms with Gasteiger partial charge in [-0.15, -0.1) is 0 Å². The summed E-state index contributed by atoms with van der Waals surface area (Å²) in [7, 11) is 0. The van der Waals surface area contributed by atoms with Crippen molar-refractivity contribution in [3.05, 3.63) is 34.3 Å². The third kappa shape index (κ3) is 2.70. The quantitative estimate of drug-likeness (QED) is 0.820. The maximum atomic E-state index is 14.0. The fourth-order valence-electron chi connectivity index (χ4n) is 1.64. The van der Waals surface area contributed by atoms with Crippen LogP contribution in [-0.2, 0) is 11.3 Å². The van der Waals surface area contributed by atoms with E-state index in [9.17, 15) is 9.50 Å². The summed E-state index contributed by atoms with van der Waals surface area (Å²) in [4.78, 5) is 0. The van der Waals surface area contributed by atoms with Crippen LogP contribution in [0.15, 0.2) is 18.2 Å². The number of hydrogen-bond acceptors (Lipinski definition) is 1. The lowest BCUT2D eigenvalue weighted by atomic mass is 9.86. The molecule has 0 saturated heterocycles. The molecule has 3 heteroatoms. The van der Waals surface area contributed by atoms with Gasteiger partial charge in [-0.3, -0.25) is 0 Å². The third-order valence-corrected chi connectivity index (χ3v) is 2.58. The summed E-state index contributed by atoms with van der Waals surface area (Å²) in [5.41, 5.74) is -1.77. The van der Waals surface area contributed by atoms with E-state index in [0.29, 0.717) is 16.1 Å². The van der Waals surface area contributed by atoms with E-state index in [1.54, 1.807) is 32.0 Å². The van der Waals surface area contributed by atoms with Gasteiger partial charge in [-0.25, -0.2) is 4.39 Å². The van der Waals surface area contributed by atoms with Gasteiger partial charge in [-0.05, 0) is 39.3 Å². The van der Waals surface area contributed by atoms with Gasteiger partial charge >= 0.3 is 0 Å². The van der Waals surface area contributed by atoms with Gasteiger partial charge in [0.25, 0.3) is 0 Å². The first-order valence-electron chi connectivity index (χ1n) is 4.85. The Morgan fingerprint density at radius 3 is 2.07 bits per heavy atom. The lowest BCUT2D eigenvalue weighted by Gasteiger charge is -2.27. The highest BCUT2D eigenvalue weighted by Crippen LogP contribution is 2.38. The van der Waals surface area contributed by atoms with Gasteiger partial charge in [0.05, 0.1) is 5.60 Å². The summed E-state index contributed by atoms with van der Waals surface area (Å²) in [6.45, 7) is 6.11. The second kappa shape index (κ2) is 3.76. The largest absolute Gasteiger partial charge is 0.386 e. The topological polar surface area (TPSA) is 20.2 Å². The molecule has 0 unspecified atom stereocenters. The Kier molecular flexibility index (Phi) is 3.13. The molecular formula is C12H16ClFO. The van der Waals surface area contributed by atoms with Crippen molar-refractivity contribution in [3.63, 3.8) is 0 Å². The molecule has 15 heavy (non-hydrogen) atoms. The summed E-state index contributed by atoms with van der Waals surface area (Å²) in [6, 6.07) is 5.04. The van der Waals surface area contributed by atoms with Crippen molar-refractivity contribution >= 4 is 11.6 Å². The Labute approximate surface area is 94.9 Å². The van der Waals surface area contributed by atoms with Crippen LogP contribution in [0, 0.1) is 0 Å². The Morgan fingerprint density at radius 1 is 1.20 bits per heavy atom. The smallest absolute Gasteiger partial charge is 0.132 e. The molecular weight excluding hydrogens is 215 g/mol. The second-order valence-electron chi connectivity index (χ2n) is 4.69. The highest BCUT2D eigenvalue weighted by molar-refractivity contribution is 6.31. The molecule has 1 aromatic rings. The van der Waals surface area contributed by atoms with Crippen molar-refractivity contribution in [2.24, 2.45) is 0 Å². The first kappa shape index (κ1) is 12.5. The monoisotopic (exact) mass is 230 g/mol. The zero-order valence-corrected chi connectivity index (χ0v) is 10.2. The van der Waals surface area contributed by atoms with Gasteiger partial charge in [0.1, 0.15) is 5.67 Å². The number of benzene rings is 1. The molecule has 84 valence electrons. The van der Waals surface area contributed by atoms with Crippen LogP contribution in [0.5, 0.6) is 0 Å². The Morgan fingerprint density at radius 2 is 1.73 bits per heavy atom. The first-order chi connectivity index (χ1) is 6.64. The summed E-state index contributed by atoms with van der Waals surface area (Å²) in [6.07, 6.45) is 0. The molecule has 0 fully saturated rings. The Balaban J connectivity index is 3.48. The molecule has 0 atom stereocenters. The van der Waals surface area contributed by atoms with Gasteiger partial charge < -0.3 is 5.11 Å². The highest BCUT2D eigenvalue weighted by Gasteiger charge is 2.31. The molecule has 1 aromatic carbocycles. The van der Waals surface area contributed by atoms with Crippen LogP contribution < -0.4 is 0 Å². The molecule has 0 heterocycles. The fraction of sp³-hybridized carbons (Fsp3) is 0.500. The van der Waals surface area contributed by atoms with Gasteiger partial charge in [0.2, 0.25) is 0 Å². The van der Waals surface area contributed by atoms with Crippen molar-refractivity contribution in [3.8, 4) is 0 Å². The summed E-state index contributed by atoms with van der Waals surface area (Å²) in [5, 5.41) is 10.3. The van der Waals surface area contributed by atoms with Crippen molar-refractivity contribution in [2.75, 3.05) is 0 Å². The summed E-state index contributed by atoms with van der Waals surface area (Å²) >= 11 is 5.97. The zero-order valence-electron chi connectivity index (χ0n) is 9.44. The Hall–Kier alpha value is -0.600. The van der Waals surface area contributed by atoms with Crippen LogP contribution in [0.3, 0.4) is 0 Å². The van der Waals surface area contributed by atoms with E-state index in [1.165, 1.54) is 13.8 Å². The molecule has 1 rings (SSSR count). The van der Waals surface area contributed by atoms with Crippen molar-refractivity contribution in [1.82, 2.24) is 0 Å². The van der Waals surface area contributed by atoms with Gasteiger partial charge in [-0.2, -0.15) is 0 Å². The lowest BCUT2D eigenvalue weighted by molar-refractivity contribution is 0.0731. The molecule has 0 amide bonds. The minimum Gasteiger partial charge on any atom is -0.386 e. The maximum absolute atomic E-state index is 14.0. The van der Waals surface area contributed by atoms with Crippen molar-refractivity contribution in [2.45, 2.75) is 39.0 Å². The molecule has 0 saturated carbocycles. The fourth-order valence-corrected chi connectivity index (χ4v) is 2.04. The van der Waals surface area contributed by atoms with Crippen LogP contribution in [0.4, 0.5) is 4.39 Å². The molecule has 0 bridgehead atoms. The lowest BCUT2D eigenvalue weighted by Crippen LogP contribution is -2.23. The molecule has 0 aromatic heterocycles. The minimum absolute atomic E-state index is 0.349. The Bertz CT molecular complexity index is 361. The number of hydrogen-bond donors (Lipinski definition) is 1. The molecule has 0 aliphatic carbocycles. The van der Waals surface area contributed by atoms with E-state index in [1.807, 2.05) is 0 Å². The van der Waals surface area contributed by atoms with E-state index in [-0.39, 0.29) is 0 Å². The highest BCUT2D eigenvalue weighted by atomic mass is 35.5. The molecule has 0 spiro atoms. The second-order valence-corrected chi connectivity index (χ2v) is 5.10. The van der Waals surface area contributed by atoms with Crippen LogP contribution in [-0.4, -0.2) is 5.11 Å². The third-order valence-electron chi connectivity index (χ3n) is 2.27. The van der Waals surface area contributed by atoms with Crippen molar-refractivity contribution < 1.29 is 9.50 Å². The molecule has 0 radical (unpaired) electrons. The average Bonchev–Trinajstić information content (AvgIpc) is 1.99. The van der Waals surface area contributed by atoms with E-state index in [4.69, 9.17) is 11.6 Å². The van der Waals surface area contributed by atoms with Gasteiger partial charge in [0.15, 0.2) is 0 Å². The van der Waals surface area contributed by atoms with E-state index in [0.717, 1.165) is 0 Å². The summed E-state index contributed by atoms with van der Waals surface area (Å²) in [5.74, 6) is 0. The standard InChI is InChI=1S/C12H16ClFO/c1-11(2,14)10-8(12(3,4)15)6-5-7-9(10)13/h5-7,15H,1-4H3. The molecule has 1 nitrogen and oxygen atoms in total. The average molecular weight is 231 g/mol. The summed E-state index contributed by atoms with van der Waals surface area (Å²) < 4.78 is 14.0. The number of aliphatic hydroxyl groups is 1. The van der Waals surface area contributed by atoms with Crippen LogP contribution in [0.1, 0.15) is 38.8 Å². The van der Waals surface area contributed by atoms with Crippen LogP contribution >= 0.6 is 11.6 Å². The first-order valence-corrected chi connectivity index (χ1v) is 5.22. The minimum atomic E-state index is -1.56. The number of rotatable bonds is 2. The van der Waals surface area contributed by atoms with E-state index in [2.05, 4.69) is 0 Å². The predicted octanol–water partition coefficient (Wildman–Crippen LogP) is 3.77. The zero-order chi connectivity index (χ0) is 11.9. The van der Waals surface area contributed by atoms with Gasteiger partial charge in [0, 0.05) is 10.6 Å². The number of alkyl halides is 1. The van der Waals surface area contributed by atoms with Crippen LogP contribution in [0.25, 0.3) is 0 Å².